The van der Waals surface area contributed by atoms with Gasteiger partial charge in [-0.25, -0.2) is 0 Å². The topological polar surface area (TPSA) is 27.7 Å². The standard InChI is InChI=1S/C16H38O3Si3/c1-2-3-4-5-6-7-8-9-10-11-12-13-14-15-16-22-18-20-17-21-19-22/h22H,2-16,20-21H2,1H3. The van der Waals surface area contributed by atoms with Crippen molar-refractivity contribution in [3.05, 3.63) is 0 Å². The lowest BCUT2D eigenvalue weighted by Crippen LogP contribution is -2.34. The van der Waals surface area contributed by atoms with Crippen LogP contribution >= 0.6 is 0 Å². The summed E-state index contributed by atoms with van der Waals surface area (Å²) >= 11 is 0. The summed E-state index contributed by atoms with van der Waals surface area (Å²) in [5, 5.41) is 0. The Hall–Kier alpha value is 0.531. The van der Waals surface area contributed by atoms with Crippen molar-refractivity contribution in [1.29, 1.82) is 0 Å². The molecule has 0 aromatic carbocycles. The molecule has 0 aliphatic carbocycles. The summed E-state index contributed by atoms with van der Waals surface area (Å²) in [6.07, 6.45) is 20.0. The van der Waals surface area contributed by atoms with Crippen molar-refractivity contribution < 1.29 is 12.3 Å². The molecule has 0 amide bonds. The summed E-state index contributed by atoms with van der Waals surface area (Å²) in [5.74, 6) is 0. The largest absolute Gasteiger partial charge is 0.425 e. The molecule has 0 atom stereocenters. The SMILES string of the molecule is CCCCCCCCCCCCCCCC[SiH]1O[SiH2]O[SiH2]O1. The summed E-state index contributed by atoms with van der Waals surface area (Å²) in [4.78, 5) is 0. The van der Waals surface area contributed by atoms with Gasteiger partial charge in [-0.15, -0.1) is 0 Å². The molecule has 6 heteroatoms. The van der Waals surface area contributed by atoms with Gasteiger partial charge in [0, 0.05) is 0 Å². The molecule has 1 rings (SSSR count). The van der Waals surface area contributed by atoms with Crippen LogP contribution in [0, 0.1) is 0 Å². The van der Waals surface area contributed by atoms with E-state index in [1.807, 2.05) is 0 Å². The Bertz CT molecular complexity index is 227. The number of rotatable bonds is 15. The fourth-order valence-corrected chi connectivity index (χ4v) is 10.2. The average molecular weight is 363 g/mol. The van der Waals surface area contributed by atoms with Crippen LogP contribution in [0.3, 0.4) is 0 Å². The van der Waals surface area contributed by atoms with Gasteiger partial charge in [-0.2, -0.15) is 0 Å². The second kappa shape index (κ2) is 16.4. The highest BCUT2D eigenvalue weighted by Gasteiger charge is 2.16. The Kier molecular flexibility index (Phi) is 15.3. The zero-order valence-electron chi connectivity index (χ0n) is 14.8. The van der Waals surface area contributed by atoms with E-state index in [2.05, 4.69) is 6.92 Å². The normalized spacial score (nSPS) is 20.9. The van der Waals surface area contributed by atoms with Crippen molar-refractivity contribution in [2.75, 3.05) is 0 Å². The predicted octanol–water partition coefficient (Wildman–Crippen LogP) is 3.75. The minimum atomic E-state index is -1.22. The monoisotopic (exact) mass is 362 g/mol. The Morgan fingerprint density at radius 1 is 0.591 bits per heavy atom. The van der Waals surface area contributed by atoms with Crippen molar-refractivity contribution in [1.82, 2.24) is 0 Å². The van der Waals surface area contributed by atoms with Crippen molar-refractivity contribution in [2.24, 2.45) is 0 Å². The molecule has 0 aromatic rings. The van der Waals surface area contributed by atoms with E-state index in [1.54, 1.807) is 0 Å². The number of hydrogen-bond donors (Lipinski definition) is 0. The third-order valence-corrected chi connectivity index (χ3v) is 10.7. The van der Waals surface area contributed by atoms with E-state index < -0.39 is 29.3 Å². The van der Waals surface area contributed by atoms with Crippen LogP contribution in [0.4, 0.5) is 0 Å². The molecule has 1 aliphatic rings. The molecule has 0 radical (unpaired) electrons. The Morgan fingerprint density at radius 3 is 1.45 bits per heavy atom. The van der Waals surface area contributed by atoms with Crippen LogP contribution in [0.25, 0.3) is 0 Å². The first-order valence-electron chi connectivity index (χ1n) is 9.74. The van der Waals surface area contributed by atoms with Gasteiger partial charge >= 0.3 is 9.28 Å². The second-order valence-electron chi connectivity index (χ2n) is 6.59. The zero-order chi connectivity index (χ0) is 15.7. The van der Waals surface area contributed by atoms with E-state index in [4.69, 9.17) is 12.3 Å². The van der Waals surface area contributed by atoms with Crippen molar-refractivity contribution in [2.45, 2.75) is 103 Å². The van der Waals surface area contributed by atoms with E-state index in [0.29, 0.717) is 0 Å². The van der Waals surface area contributed by atoms with E-state index in [1.165, 1.54) is 95.9 Å². The van der Waals surface area contributed by atoms with Crippen LogP contribution in [-0.4, -0.2) is 29.3 Å². The minimum absolute atomic E-state index is 0.605. The molecular weight excluding hydrogens is 324 g/mol. The third kappa shape index (κ3) is 13.0. The van der Waals surface area contributed by atoms with E-state index in [0.717, 1.165) is 0 Å². The van der Waals surface area contributed by atoms with Crippen LogP contribution in [0.15, 0.2) is 0 Å². The van der Waals surface area contributed by atoms with Gasteiger partial charge in [0.2, 0.25) is 0 Å². The molecule has 1 fully saturated rings. The fraction of sp³-hybridized carbons (Fsp3) is 1.00. The molecule has 1 aliphatic heterocycles. The summed E-state index contributed by atoms with van der Waals surface area (Å²) in [7, 11) is -2.43. The maximum Gasteiger partial charge on any atom is 0.303 e. The Morgan fingerprint density at radius 2 is 1.00 bits per heavy atom. The van der Waals surface area contributed by atoms with Crippen LogP contribution in [0.5, 0.6) is 0 Å². The summed E-state index contributed by atoms with van der Waals surface area (Å²) in [6, 6.07) is 1.22. The Labute approximate surface area is 144 Å². The van der Waals surface area contributed by atoms with Gasteiger partial charge in [0.15, 0.2) is 0 Å². The van der Waals surface area contributed by atoms with Gasteiger partial charge in [-0.1, -0.05) is 96.8 Å². The summed E-state index contributed by atoms with van der Waals surface area (Å²) in [6.45, 7) is 2.29. The average Bonchev–Trinajstić information content (AvgIpc) is 2.56. The first-order chi connectivity index (χ1) is 10.9. The lowest BCUT2D eigenvalue weighted by Gasteiger charge is -2.21. The van der Waals surface area contributed by atoms with Crippen LogP contribution in [0.2, 0.25) is 6.04 Å². The quantitative estimate of drug-likeness (QED) is 0.328. The molecule has 0 aromatic heterocycles. The first kappa shape index (κ1) is 20.6. The third-order valence-electron chi connectivity index (χ3n) is 4.47. The highest BCUT2D eigenvalue weighted by molar-refractivity contribution is 6.61. The van der Waals surface area contributed by atoms with E-state index in [-0.39, 0.29) is 0 Å². The Balaban J connectivity index is 1.68. The molecule has 1 heterocycles. The van der Waals surface area contributed by atoms with Crippen molar-refractivity contribution >= 4 is 29.3 Å². The van der Waals surface area contributed by atoms with Gasteiger partial charge in [0.25, 0.3) is 20.0 Å². The van der Waals surface area contributed by atoms with Crippen LogP contribution < -0.4 is 0 Å². The predicted molar refractivity (Wildman–Crippen MR) is 103 cm³/mol. The maximum absolute atomic E-state index is 5.66. The second-order valence-corrected chi connectivity index (χ2v) is 12.8. The molecule has 0 saturated carbocycles. The van der Waals surface area contributed by atoms with Crippen LogP contribution in [0.1, 0.15) is 96.8 Å². The van der Waals surface area contributed by atoms with Gasteiger partial charge in [-0.3, -0.25) is 0 Å². The molecule has 1 saturated heterocycles. The van der Waals surface area contributed by atoms with Crippen molar-refractivity contribution in [3.8, 4) is 0 Å². The molecule has 3 nitrogen and oxygen atoms in total. The van der Waals surface area contributed by atoms with Gasteiger partial charge in [0.05, 0.1) is 0 Å². The molecule has 132 valence electrons. The van der Waals surface area contributed by atoms with E-state index in [9.17, 15) is 0 Å². The first-order valence-corrected chi connectivity index (χ1v) is 13.8. The molecule has 22 heavy (non-hydrogen) atoms. The highest BCUT2D eigenvalue weighted by atomic mass is 28.4. The molecule has 0 bridgehead atoms. The number of unbranched alkanes of at least 4 members (excludes halogenated alkanes) is 13. The minimum Gasteiger partial charge on any atom is -0.425 e. The molecule has 0 spiro atoms. The highest BCUT2D eigenvalue weighted by Crippen LogP contribution is 2.14. The summed E-state index contributed by atoms with van der Waals surface area (Å²) in [5.41, 5.74) is 0. The maximum atomic E-state index is 5.66. The number of hydrogen-bond acceptors (Lipinski definition) is 3. The summed E-state index contributed by atoms with van der Waals surface area (Å²) < 4.78 is 16.6. The van der Waals surface area contributed by atoms with E-state index >= 15 is 0 Å². The lowest BCUT2D eigenvalue weighted by molar-refractivity contribution is 0.320. The lowest BCUT2D eigenvalue weighted by atomic mass is 10.0. The fourth-order valence-electron chi connectivity index (χ4n) is 3.00. The van der Waals surface area contributed by atoms with Gasteiger partial charge in [-0.05, 0) is 6.04 Å². The molecule has 0 N–H and O–H groups in total. The molecule has 0 unspecified atom stereocenters. The molecular formula is C16H38O3Si3. The van der Waals surface area contributed by atoms with Gasteiger partial charge < -0.3 is 12.3 Å². The smallest absolute Gasteiger partial charge is 0.303 e. The van der Waals surface area contributed by atoms with Crippen LogP contribution in [-0.2, 0) is 12.3 Å². The van der Waals surface area contributed by atoms with Gasteiger partial charge in [0.1, 0.15) is 0 Å². The zero-order valence-corrected chi connectivity index (χ0v) is 18.8. The van der Waals surface area contributed by atoms with Crippen molar-refractivity contribution in [3.63, 3.8) is 0 Å².